The zero-order chi connectivity index (χ0) is 13.1. The van der Waals surface area contributed by atoms with E-state index in [9.17, 15) is 9.90 Å². The van der Waals surface area contributed by atoms with Gasteiger partial charge in [0.25, 0.3) is 5.91 Å². The third kappa shape index (κ3) is 3.01. The Morgan fingerprint density at radius 3 is 2.94 bits per heavy atom. The molecule has 1 saturated heterocycles. The molecule has 0 saturated carbocycles. The Labute approximate surface area is 108 Å². The van der Waals surface area contributed by atoms with E-state index in [1.807, 2.05) is 0 Å². The fraction of sp³-hybridized carbons (Fsp3) is 0.500. The van der Waals surface area contributed by atoms with Gasteiger partial charge >= 0.3 is 0 Å². The summed E-state index contributed by atoms with van der Waals surface area (Å²) >= 11 is 0. The molecule has 1 aliphatic rings. The third-order valence-electron chi connectivity index (χ3n) is 3.65. The van der Waals surface area contributed by atoms with Gasteiger partial charge in [-0.3, -0.25) is 4.79 Å². The number of piperidine rings is 1. The standard InChI is InChI=1S/C14H20N2O2/c1-10-8-12(6-7-16(10)2)15-14(18)11-4-3-5-13(17)9-11/h3-5,9-10,12,17H,6-8H2,1-2H3,(H,15,18). The fourth-order valence-corrected chi connectivity index (χ4v) is 2.34. The molecule has 1 fully saturated rings. The molecule has 1 aromatic rings. The zero-order valence-corrected chi connectivity index (χ0v) is 10.9. The number of nitrogens with zero attached hydrogens (tertiary/aromatic N) is 1. The number of phenolic OH excluding ortho intramolecular Hbond substituents is 1. The van der Waals surface area contributed by atoms with Crippen LogP contribution in [-0.2, 0) is 0 Å². The van der Waals surface area contributed by atoms with E-state index >= 15 is 0 Å². The van der Waals surface area contributed by atoms with E-state index in [-0.39, 0.29) is 17.7 Å². The molecule has 2 atom stereocenters. The molecule has 4 heteroatoms. The molecule has 0 radical (unpaired) electrons. The van der Waals surface area contributed by atoms with Gasteiger partial charge < -0.3 is 15.3 Å². The number of hydrogen-bond acceptors (Lipinski definition) is 3. The van der Waals surface area contributed by atoms with Gasteiger partial charge in [0.2, 0.25) is 0 Å². The van der Waals surface area contributed by atoms with Crippen molar-refractivity contribution in [3.05, 3.63) is 29.8 Å². The van der Waals surface area contributed by atoms with Crippen LogP contribution < -0.4 is 5.32 Å². The van der Waals surface area contributed by atoms with Crippen molar-refractivity contribution < 1.29 is 9.90 Å². The van der Waals surface area contributed by atoms with Crippen molar-refractivity contribution in [3.8, 4) is 5.75 Å². The van der Waals surface area contributed by atoms with Crippen LogP contribution in [0.2, 0.25) is 0 Å². The van der Waals surface area contributed by atoms with Gasteiger partial charge in [-0.1, -0.05) is 6.07 Å². The van der Waals surface area contributed by atoms with Crippen LogP contribution in [0.5, 0.6) is 5.75 Å². The third-order valence-corrected chi connectivity index (χ3v) is 3.65. The van der Waals surface area contributed by atoms with Gasteiger partial charge in [-0.15, -0.1) is 0 Å². The summed E-state index contributed by atoms with van der Waals surface area (Å²) in [5.74, 6) is 0.0204. The van der Waals surface area contributed by atoms with Crippen molar-refractivity contribution in [2.24, 2.45) is 0 Å². The summed E-state index contributed by atoms with van der Waals surface area (Å²) in [7, 11) is 2.11. The molecule has 2 rings (SSSR count). The lowest BCUT2D eigenvalue weighted by molar-refractivity contribution is 0.0896. The highest BCUT2D eigenvalue weighted by atomic mass is 16.3. The molecule has 1 heterocycles. The molecule has 1 aromatic carbocycles. The van der Waals surface area contributed by atoms with Crippen LogP contribution in [0.1, 0.15) is 30.1 Å². The average Bonchev–Trinajstić information content (AvgIpc) is 2.34. The fourth-order valence-electron chi connectivity index (χ4n) is 2.34. The molecule has 98 valence electrons. The Morgan fingerprint density at radius 2 is 2.28 bits per heavy atom. The van der Waals surface area contributed by atoms with Crippen LogP contribution in [0.15, 0.2) is 24.3 Å². The van der Waals surface area contributed by atoms with Crippen LogP contribution in [0, 0.1) is 0 Å². The summed E-state index contributed by atoms with van der Waals surface area (Å²) in [6.07, 6.45) is 1.95. The molecule has 0 aliphatic carbocycles. The maximum absolute atomic E-state index is 12.0. The average molecular weight is 248 g/mol. The highest BCUT2D eigenvalue weighted by Crippen LogP contribution is 2.16. The smallest absolute Gasteiger partial charge is 0.251 e. The monoisotopic (exact) mass is 248 g/mol. The second-order valence-electron chi connectivity index (χ2n) is 5.07. The lowest BCUT2D eigenvalue weighted by Crippen LogP contribution is -2.47. The number of carbonyl (C=O) groups excluding carboxylic acids is 1. The van der Waals surface area contributed by atoms with Crippen LogP contribution in [0.25, 0.3) is 0 Å². The zero-order valence-electron chi connectivity index (χ0n) is 10.9. The topological polar surface area (TPSA) is 52.6 Å². The molecular formula is C14H20N2O2. The van der Waals surface area contributed by atoms with E-state index < -0.39 is 0 Å². The summed E-state index contributed by atoms with van der Waals surface area (Å²) in [4.78, 5) is 14.3. The van der Waals surface area contributed by atoms with E-state index in [2.05, 4.69) is 24.2 Å². The van der Waals surface area contributed by atoms with Gasteiger partial charge in [-0.25, -0.2) is 0 Å². The number of aromatic hydroxyl groups is 1. The summed E-state index contributed by atoms with van der Waals surface area (Å²) in [6.45, 7) is 3.18. The highest BCUT2D eigenvalue weighted by molar-refractivity contribution is 5.94. The van der Waals surface area contributed by atoms with Crippen molar-refractivity contribution in [2.75, 3.05) is 13.6 Å². The van der Waals surface area contributed by atoms with Crippen molar-refractivity contribution in [1.82, 2.24) is 10.2 Å². The normalized spacial score (nSPS) is 24.8. The van der Waals surface area contributed by atoms with Crippen LogP contribution in [0.3, 0.4) is 0 Å². The number of rotatable bonds is 2. The Hall–Kier alpha value is -1.55. The lowest BCUT2D eigenvalue weighted by atomic mass is 9.98. The van der Waals surface area contributed by atoms with Crippen molar-refractivity contribution >= 4 is 5.91 Å². The van der Waals surface area contributed by atoms with Gasteiger partial charge in [0, 0.05) is 24.2 Å². The molecule has 2 N–H and O–H groups in total. The first-order chi connectivity index (χ1) is 8.56. The van der Waals surface area contributed by atoms with Gasteiger partial charge in [0.1, 0.15) is 5.75 Å². The van der Waals surface area contributed by atoms with E-state index in [0.29, 0.717) is 11.6 Å². The second kappa shape index (κ2) is 5.40. The second-order valence-corrected chi connectivity index (χ2v) is 5.07. The minimum Gasteiger partial charge on any atom is -0.508 e. The van der Waals surface area contributed by atoms with E-state index in [1.54, 1.807) is 18.2 Å². The largest absolute Gasteiger partial charge is 0.508 e. The molecular weight excluding hydrogens is 228 g/mol. The van der Waals surface area contributed by atoms with Crippen LogP contribution in [0.4, 0.5) is 0 Å². The molecule has 1 aliphatic heterocycles. The van der Waals surface area contributed by atoms with E-state index in [4.69, 9.17) is 0 Å². The summed E-state index contributed by atoms with van der Waals surface area (Å²) in [6, 6.07) is 7.18. The maximum Gasteiger partial charge on any atom is 0.251 e. The molecule has 0 spiro atoms. The SMILES string of the molecule is CC1CC(NC(=O)c2cccc(O)c2)CCN1C. The Balaban J connectivity index is 1.96. The summed E-state index contributed by atoms with van der Waals surface area (Å²) in [5.41, 5.74) is 0.515. The number of nitrogens with one attached hydrogen (secondary N) is 1. The highest BCUT2D eigenvalue weighted by Gasteiger charge is 2.24. The Bertz CT molecular complexity index is 434. The first kappa shape index (κ1) is 12.9. The minimum atomic E-state index is -0.104. The first-order valence-corrected chi connectivity index (χ1v) is 6.36. The quantitative estimate of drug-likeness (QED) is 0.836. The van der Waals surface area contributed by atoms with Crippen molar-refractivity contribution in [1.29, 1.82) is 0 Å². The summed E-state index contributed by atoms with van der Waals surface area (Å²) < 4.78 is 0. The Kier molecular flexibility index (Phi) is 3.87. The first-order valence-electron chi connectivity index (χ1n) is 6.36. The van der Waals surface area contributed by atoms with Crippen LogP contribution >= 0.6 is 0 Å². The molecule has 18 heavy (non-hydrogen) atoms. The molecule has 0 bridgehead atoms. The lowest BCUT2D eigenvalue weighted by Gasteiger charge is -2.35. The van der Waals surface area contributed by atoms with Crippen molar-refractivity contribution in [2.45, 2.75) is 31.8 Å². The Morgan fingerprint density at radius 1 is 1.50 bits per heavy atom. The number of carbonyl (C=O) groups is 1. The minimum absolute atomic E-state index is 0.104. The summed E-state index contributed by atoms with van der Waals surface area (Å²) in [5, 5.41) is 12.4. The van der Waals surface area contributed by atoms with Crippen LogP contribution in [-0.4, -0.2) is 41.6 Å². The number of phenols is 1. The molecule has 0 aromatic heterocycles. The maximum atomic E-state index is 12.0. The predicted octanol–water partition coefficient (Wildman–Crippen LogP) is 1.60. The van der Waals surface area contributed by atoms with Gasteiger partial charge in [-0.05, 0) is 45.0 Å². The number of likely N-dealkylation sites (tertiary alicyclic amines) is 1. The number of hydrogen-bond donors (Lipinski definition) is 2. The van der Waals surface area contributed by atoms with Crippen molar-refractivity contribution in [3.63, 3.8) is 0 Å². The van der Waals surface area contributed by atoms with Gasteiger partial charge in [-0.2, -0.15) is 0 Å². The van der Waals surface area contributed by atoms with Gasteiger partial charge in [0.15, 0.2) is 0 Å². The molecule has 4 nitrogen and oxygen atoms in total. The van der Waals surface area contributed by atoms with Gasteiger partial charge in [0.05, 0.1) is 0 Å². The van der Waals surface area contributed by atoms with E-state index in [1.165, 1.54) is 6.07 Å². The molecule has 2 unspecified atom stereocenters. The number of benzene rings is 1. The molecule has 1 amide bonds. The number of amides is 1. The van der Waals surface area contributed by atoms with E-state index in [0.717, 1.165) is 19.4 Å². The predicted molar refractivity (Wildman–Crippen MR) is 70.7 cm³/mol.